The SMILES string of the molecule is C=C(CC/C=C(/C)CC/C=C(\C)CC/C=C(\C)CCCC(C)CCCC(C)C)C1CC=C(C)CC1. The summed E-state index contributed by atoms with van der Waals surface area (Å²) in [6.45, 7) is 20.7. The minimum Gasteiger partial charge on any atom is -0.0996 e. The van der Waals surface area contributed by atoms with E-state index in [0.717, 1.165) is 30.6 Å². The monoisotopic (exact) mass is 480 g/mol. The lowest BCUT2D eigenvalue weighted by molar-refractivity contribution is 0.427. The molecule has 0 saturated carbocycles. The van der Waals surface area contributed by atoms with Crippen molar-refractivity contribution in [1.82, 2.24) is 0 Å². The highest BCUT2D eigenvalue weighted by Crippen LogP contribution is 2.30. The van der Waals surface area contributed by atoms with Crippen molar-refractivity contribution >= 4 is 0 Å². The van der Waals surface area contributed by atoms with Gasteiger partial charge in [0.05, 0.1) is 0 Å². The molecule has 0 amide bonds. The molecule has 0 saturated heterocycles. The normalized spacial score (nSPS) is 18.7. The van der Waals surface area contributed by atoms with Gasteiger partial charge in [-0.15, -0.1) is 0 Å². The van der Waals surface area contributed by atoms with Gasteiger partial charge < -0.3 is 0 Å². The third-order valence-electron chi connectivity index (χ3n) is 7.98. The van der Waals surface area contributed by atoms with Crippen molar-refractivity contribution in [2.24, 2.45) is 17.8 Å². The molecule has 0 N–H and O–H groups in total. The topological polar surface area (TPSA) is 0 Å². The van der Waals surface area contributed by atoms with E-state index in [0.29, 0.717) is 0 Å². The van der Waals surface area contributed by atoms with Crippen LogP contribution >= 0.6 is 0 Å². The van der Waals surface area contributed by atoms with Crippen LogP contribution < -0.4 is 0 Å². The second-order valence-electron chi connectivity index (χ2n) is 12.3. The van der Waals surface area contributed by atoms with E-state index in [1.54, 1.807) is 16.7 Å². The molecular formula is C35H60. The summed E-state index contributed by atoms with van der Waals surface area (Å²) in [7, 11) is 0. The second-order valence-corrected chi connectivity index (χ2v) is 12.3. The van der Waals surface area contributed by atoms with Crippen molar-refractivity contribution in [3.63, 3.8) is 0 Å². The minimum absolute atomic E-state index is 0.721. The van der Waals surface area contributed by atoms with Crippen molar-refractivity contribution in [3.05, 3.63) is 58.7 Å². The third kappa shape index (κ3) is 16.9. The van der Waals surface area contributed by atoms with Crippen molar-refractivity contribution < 1.29 is 0 Å². The number of hydrogen-bond acceptors (Lipinski definition) is 0. The van der Waals surface area contributed by atoms with Gasteiger partial charge in [0.2, 0.25) is 0 Å². The molecular weight excluding hydrogens is 420 g/mol. The summed E-state index contributed by atoms with van der Waals surface area (Å²) in [6, 6.07) is 0. The highest BCUT2D eigenvalue weighted by Gasteiger charge is 2.14. The lowest BCUT2D eigenvalue weighted by atomic mass is 9.83. The molecule has 0 aromatic carbocycles. The van der Waals surface area contributed by atoms with E-state index >= 15 is 0 Å². The van der Waals surface area contributed by atoms with Gasteiger partial charge in [0.15, 0.2) is 0 Å². The van der Waals surface area contributed by atoms with Gasteiger partial charge in [-0.25, -0.2) is 0 Å². The zero-order valence-electron chi connectivity index (χ0n) is 24.9. The lowest BCUT2D eigenvalue weighted by Crippen LogP contribution is -2.07. The van der Waals surface area contributed by atoms with Crippen LogP contribution in [0.3, 0.4) is 0 Å². The van der Waals surface area contributed by atoms with Gasteiger partial charge in [0, 0.05) is 0 Å². The van der Waals surface area contributed by atoms with Gasteiger partial charge in [-0.2, -0.15) is 0 Å². The summed E-state index contributed by atoms with van der Waals surface area (Å²) >= 11 is 0. The van der Waals surface area contributed by atoms with E-state index in [9.17, 15) is 0 Å². The molecule has 0 spiro atoms. The van der Waals surface area contributed by atoms with Gasteiger partial charge in [-0.3, -0.25) is 0 Å². The molecule has 0 bridgehead atoms. The molecule has 0 fully saturated rings. The fraction of sp³-hybridized carbons (Fsp3) is 0.714. The first-order valence-corrected chi connectivity index (χ1v) is 15.0. The van der Waals surface area contributed by atoms with E-state index < -0.39 is 0 Å². The Morgan fingerprint density at radius 2 is 1.37 bits per heavy atom. The maximum absolute atomic E-state index is 4.39. The standard InChI is InChI=1S/C35H60/c1-28(2)14-9-15-29(3)16-10-17-30(4)18-11-19-31(5)20-12-21-32(6)22-13-23-34(8)35-26-24-33(7)25-27-35/h18,20,22,24,28-29,35H,8-17,19,21,23,25-27H2,1-7H3/b30-18+,31-20+,32-22-. The quantitative estimate of drug-likeness (QED) is 0.171. The largest absolute Gasteiger partial charge is 0.0996 e. The molecule has 1 aliphatic carbocycles. The van der Waals surface area contributed by atoms with Gasteiger partial charge in [-0.05, 0) is 116 Å². The Kier molecular flexibility index (Phi) is 17.1. The van der Waals surface area contributed by atoms with E-state index in [1.165, 1.54) is 94.6 Å². The number of hydrogen-bond donors (Lipinski definition) is 0. The average Bonchev–Trinajstić information content (AvgIpc) is 2.79. The smallest absolute Gasteiger partial charge is 0.0168 e. The zero-order chi connectivity index (χ0) is 26.1. The van der Waals surface area contributed by atoms with E-state index in [2.05, 4.69) is 79.3 Å². The predicted octanol–water partition coefficient (Wildman–Crippen LogP) is 12.1. The predicted molar refractivity (Wildman–Crippen MR) is 161 cm³/mol. The first-order chi connectivity index (χ1) is 16.7. The molecule has 0 radical (unpaired) electrons. The molecule has 1 rings (SSSR count). The maximum Gasteiger partial charge on any atom is -0.0168 e. The first-order valence-electron chi connectivity index (χ1n) is 15.0. The van der Waals surface area contributed by atoms with Crippen LogP contribution in [0.4, 0.5) is 0 Å². The van der Waals surface area contributed by atoms with Crippen molar-refractivity contribution in [3.8, 4) is 0 Å². The molecule has 2 unspecified atom stereocenters. The summed E-state index contributed by atoms with van der Waals surface area (Å²) in [4.78, 5) is 0. The van der Waals surface area contributed by atoms with Crippen molar-refractivity contribution in [2.75, 3.05) is 0 Å². The molecule has 2 atom stereocenters. The fourth-order valence-electron chi connectivity index (χ4n) is 5.19. The maximum atomic E-state index is 4.39. The molecule has 0 aliphatic heterocycles. The van der Waals surface area contributed by atoms with Crippen molar-refractivity contribution in [2.45, 2.75) is 145 Å². The summed E-state index contributed by atoms with van der Waals surface area (Å²) in [6.07, 6.45) is 28.9. The van der Waals surface area contributed by atoms with Crippen LogP contribution in [-0.2, 0) is 0 Å². The lowest BCUT2D eigenvalue weighted by Gasteiger charge is -2.22. The van der Waals surface area contributed by atoms with Crippen molar-refractivity contribution in [1.29, 1.82) is 0 Å². The van der Waals surface area contributed by atoms with Crippen LogP contribution in [0.1, 0.15) is 145 Å². The third-order valence-corrected chi connectivity index (χ3v) is 7.98. The zero-order valence-corrected chi connectivity index (χ0v) is 24.9. The van der Waals surface area contributed by atoms with Crippen LogP contribution in [-0.4, -0.2) is 0 Å². The highest BCUT2D eigenvalue weighted by atomic mass is 14.2. The number of rotatable bonds is 18. The Balaban J connectivity index is 2.15. The molecule has 1 aliphatic rings. The Bertz CT molecular complexity index is 708. The Hall–Kier alpha value is -1.30. The highest BCUT2D eigenvalue weighted by molar-refractivity contribution is 5.13. The Morgan fingerprint density at radius 3 is 1.91 bits per heavy atom. The van der Waals surface area contributed by atoms with Crippen LogP contribution in [0.2, 0.25) is 0 Å². The summed E-state index contributed by atoms with van der Waals surface area (Å²) in [5, 5.41) is 0. The minimum atomic E-state index is 0.721. The Morgan fingerprint density at radius 1 is 0.829 bits per heavy atom. The summed E-state index contributed by atoms with van der Waals surface area (Å²) < 4.78 is 0. The molecule has 35 heavy (non-hydrogen) atoms. The fourth-order valence-corrected chi connectivity index (χ4v) is 5.19. The van der Waals surface area contributed by atoms with Gasteiger partial charge in [0.25, 0.3) is 0 Å². The number of allylic oxidation sites excluding steroid dienone is 9. The Labute approximate surface area is 221 Å². The molecule has 0 heteroatoms. The summed E-state index contributed by atoms with van der Waals surface area (Å²) in [5.41, 5.74) is 7.71. The molecule has 0 aromatic heterocycles. The molecule has 0 aromatic rings. The van der Waals surface area contributed by atoms with Crippen LogP contribution in [0.15, 0.2) is 58.7 Å². The van der Waals surface area contributed by atoms with Gasteiger partial charge in [-0.1, -0.05) is 105 Å². The van der Waals surface area contributed by atoms with Crippen LogP contribution in [0.5, 0.6) is 0 Å². The first kappa shape index (κ1) is 31.7. The van der Waals surface area contributed by atoms with E-state index in [1.807, 2.05) is 0 Å². The molecule has 0 heterocycles. The molecule has 0 nitrogen and oxygen atoms in total. The van der Waals surface area contributed by atoms with Gasteiger partial charge in [0.1, 0.15) is 0 Å². The average molecular weight is 481 g/mol. The van der Waals surface area contributed by atoms with Crippen LogP contribution in [0.25, 0.3) is 0 Å². The molecule has 200 valence electrons. The summed E-state index contributed by atoms with van der Waals surface area (Å²) in [5.74, 6) is 2.47. The van der Waals surface area contributed by atoms with E-state index in [-0.39, 0.29) is 0 Å². The van der Waals surface area contributed by atoms with Gasteiger partial charge >= 0.3 is 0 Å². The second kappa shape index (κ2) is 18.9. The van der Waals surface area contributed by atoms with E-state index in [4.69, 9.17) is 0 Å². The van der Waals surface area contributed by atoms with Crippen LogP contribution in [0, 0.1) is 17.8 Å².